The molecule has 0 aliphatic carbocycles. The monoisotopic (exact) mass is 188 g/mol. The van der Waals surface area contributed by atoms with Crippen molar-refractivity contribution >= 4 is 5.97 Å². The van der Waals surface area contributed by atoms with Gasteiger partial charge >= 0.3 is 5.97 Å². The van der Waals surface area contributed by atoms with E-state index in [4.69, 9.17) is 6.42 Å². The summed E-state index contributed by atoms with van der Waals surface area (Å²) in [5.41, 5.74) is 1.70. The number of esters is 1. The quantitative estimate of drug-likeness (QED) is 0.536. The molecule has 72 valence electrons. The second-order valence-corrected chi connectivity index (χ2v) is 2.89. The first-order valence-corrected chi connectivity index (χ1v) is 4.38. The molecule has 0 bridgehead atoms. The summed E-state index contributed by atoms with van der Waals surface area (Å²) in [6.07, 6.45) is 6.72. The van der Waals surface area contributed by atoms with E-state index in [1.165, 1.54) is 7.11 Å². The average Bonchev–Trinajstić information content (AvgIpc) is 2.26. The third kappa shape index (κ3) is 2.63. The van der Waals surface area contributed by atoms with Gasteiger partial charge in [-0.2, -0.15) is 0 Å². The molecular formula is C12H12O2. The predicted octanol–water partition coefficient (Wildman–Crippen LogP) is 2.04. The molecule has 0 spiro atoms. The first kappa shape index (κ1) is 10.3. The minimum absolute atomic E-state index is 0.312. The lowest BCUT2D eigenvalue weighted by molar-refractivity contribution is 0.0600. The predicted molar refractivity (Wildman–Crippen MR) is 54.9 cm³/mol. The van der Waals surface area contributed by atoms with Crippen LogP contribution in [0.5, 0.6) is 0 Å². The molecule has 1 aromatic rings. The van der Waals surface area contributed by atoms with E-state index in [1.807, 2.05) is 12.1 Å². The molecule has 0 saturated carbocycles. The van der Waals surface area contributed by atoms with Crippen LogP contribution in [-0.2, 0) is 11.2 Å². The van der Waals surface area contributed by atoms with E-state index in [2.05, 4.69) is 10.7 Å². The highest BCUT2D eigenvalue weighted by Gasteiger charge is 2.03. The molecular weight excluding hydrogens is 176 g/mol. The average molecular weight is 188 g/mol. The van der Waals surface area contributed by atoms with Crippen molar-refractivity contribution in [1.82, 2.24) is 0 Å². The summed E-state index contributed by atoms with van der Waals surface area (Å²) in [7, 11) is 1.37. The third-order valence-electron chi connectivity index (χ3n) is 1.93. The van der Waals surface area contributed by atoms with Crippen LogP contribution in [0.2, 0.25) is 0 Å². The number of benzene rings is 1. The van der Waals surface area contributed by atoms with Crippen molar-refractivity contribution in [1.29, 1.82) is 0 Å². The van der Waals surface area contributed by atoms with Gasteiger partial charge in [-0.25, -0.2) is 4.79 Å². The van der Waals surface area contributed by atoms with E-state index in [0.29, 0.717) is 5.56 Å². The lowest BCUT2D eigenvalue weighted by Gasteiger charge is -2.00. The van der Waals surface area contributed by atoms with Crippen LogP contribution >= 0.6 is 0 Å². The Morgan fingerprint density at radius 1 is 1.43 bits per heavy atom. The number of methoxy groups -OCH3 is 1. The number of hydrogen-bond donors (Lipinski definition) is 0. The first-order chi connectivity index (χ1) is 6.77. The highest BCUT2D eigenvalue weighted by Crippen LogP contribution is 2.07. The van der Waals surface area contributed by atoms with Gasteiger partial charge in [0.15, 0.2) is 0 Å². The Labute approximate surface area is 83.9 Å². The van der Waals surface area contributed by atoms with Gasteiger partial charge in [-0.1, -0.05) is 12.1 Å². The standard InChI is InChI=1S/C12H12O2/c1-3-4-5-10-6-8-11(9-7-10)12(13)14-2/h1,6-9H,4-5H2,2H3. The normalized spacial score (nSPS) is 9.14. The molecule has 1 aromatic carbocycles. The topological polar surface area (TPSA) is 26.3 Å². The molecule has 0 saturated heterocycles. The maximum Gasteiger partial charge on any atom is 0.337 e. The summed E-state index contributed by atoms with van der Waals surface area (Å²) in [4.78, 5) is 11.1. The van der Waals surface area contributed by atoms with Gasteiger partial charge in [0.05, 0.1) is 12.7 Å². The van der Waals surface area contributed by atoms with Crippen molar-refractivity contribution in [3.63, 3.8) is 0 Å². The van der Waals surface area contributed by atoms with E-state index >= 15 is 0 Å². The van der Waals surface area contributed by atoms with Crippen LogP contribution in [0.15, 0.2) is 24.3 Å². The second-order valence-electron chi connectivity index (χ2n) is 2.89. The lowest BCUT2D eigenvalue weighted by atomic mass is 10.1. The Hall–Kier alpha value is -1.75. The van der Waals surface area contributed by atoms with E-state index < -0.39 is 0 Å². The van der Waals surface area contributed by atoms with Crippen LogP contribution < -0.4 is 0 Å². The van der Waals surface area contributed by atoms with E-state index in [1.54, 1.807) is 12.1 Å². The maximum atomic E-state index is 11.1. The van der Waals surface area contributed by atoms with Gasteiger partial charge in [-0.3, -0.25) is 0 Å². The molecule has 0 radical (unpaired) electrons. The molecule has 0 unspecified atom stereocenters. The Morgan fingerprint density at radius 2 is 2.07 bits per heavy atom. The fourth-order valence-electron chi connectivity index (χ4n) is 1.14. The van der Waals surface area contributed by atoms with Crippen LogP contribution in [-0.4, -0.2) is 13.1 Å². The molecule has 2 heteroatoms. The first-order valence-electron chi connectivity index (χ1n) is 4.38. The van der Waals surface area contributed by atoms with Crippen molar-refractivity contribution in [3.8, 4) is 12.3 Å². The van der Waals surface area contributed by atoms with Crippen molar-refractivity contribution in [3.05, 3.63) is 35.4 Å². The van der Waals surface area contributed by atoms with Crippen molar-refractivity contribution in [2.75, 3.05) is 7.11 Å². The van der Waals surface area contributed by atoms with Crippen LogP contribution in [0, 0.1) is 12.3 Å². The summed E-state index contributed by atoms with van der Waals surface area (Å²) < 4.78 is 4.59. The lowest BCUT2D eigenvalue weighted by Crippen LogP contribution is -2.00. The van der Waals surface area contributed by atoms with Gasteiger partial charge in [0.25, 0.3) is 0 Å². The molecule has 0 aliphatic rings. The minimum Gasteiger partial charge on any atom is -0.465 e. The molecule has 0 atom stereocenters. The van der Waals surface area contributed by atoms with Crippen molar-refractivity contribution in [2.24, 2.45) is 0 Å². The van der Waals surface area contributed by atoms with Gasteiger partial charge in [0.2, 0.25) is 0 Å². The van der Waals surface area contributed by atoms with Gasteiger partial charge in [0.1, 0.15) is 0 Å². The second kappa shape index (κ2) is 5.08. The number of terminal acetylenes is 1. The fourth-order valence-corrected chi connectivity index (χ4v) is 1.14. The van der Waals surface area contributed by atoms with Crippen molar-refractivity contribution < 1.29 is 9.53 Å². The van der Waals surface area contributed by atoms with Crippen LogP contribution in [0.4, 0.5) is 0 Å². The number of rotatable bonds is 3. The minimum atomic E-state index is -0.312. The number of hydrogen-bond acceptors (Lipinski definition) is 2. The molecule has 1 rings (SSSR count). The number of carbonyl (C=O) groups is 1. The molecule has 0 heterocycles. The molecule has 2 nitrogen and oxygen atoms in total. The zero-order valence-electron chi connectivity index (χ0n) is 8.12. The number of ether oxygens (including phenoxy) is 1. The van der Waals surface area contributed by atoms with E-state index in [9.17, 15) is 4.79 Å². The number of carbonyl (C=O) groups excluding carboxylic acids is 1. The third-order valence-corrected chi connectivity index (χ3v) is 1.93. The number of aryl methyl sites for hydroxylation is 1. The zero-order valence-corrected chi connectivity index (χ0v) is 8.12. The Kier molecular flexibility index (Phi) is 3.75. The summed E-state index contributed by atoms with van der Waals surface area (Å²) in [6, 6.07) is 7.28. The molecule has 0 fully saturated rings. The maximum absolute atomic E-state index is 11.1. The van der Waals surface area contributed by atoms with Crippen LogP contribution in [0.3, 0.4) is 0 Å². The Morgan fingerprint density at radius 3 is 2.57 bits per heavy atom. The zero-order chi connectivity index (χ0) is 10.4. The van der Waals surface area contributed by atoms with E-state index in [-0.39, 0.29) is 5.97 Å². The Balaban J connectivity index is 2.69. The summed E-state index contributed by atoms with van der Waals surface area (Å²) in [6.45, 7) is 0. The fraction of sp³-hybridized carbons (Fsp3) is 0.250. The van der Waals surface area contributed by atoms with Gasteiger partial charge in [-0.05, 0) is 24.1 Å². The molecule has 0 amide bonds. The summed E-state index contributed by atoms with van der Waals surface area (Å²) in [5.74, 6) is 2.26. The van der Waals surface area contributed by atoms with Crippen LogP contribution in [0.25, 0.3) is 0 Å². The highest BCUT2D eigenvalue weighted by atomic mass is 16.5. The molecule has 0 aliphatic heterocycles. The van der Waals surface area contributed by atoms with E-state index in [0.717, 1.165) is 18.4 Å². The van der Waals surface area contributed by atoms with Crippen molar-refractivity contribution in [2.45, 2.75) is 12.8 Å². The molecule has 0 N–H and O–H groups in total. The van der Waals surface area contributed by atoms with Gasteiger partial charge < -0.3 is 4.74 Å². The molecule has 0 aromatic heterocycles. The summed E-state index contributed by atoms with van der Waals surface area (Å²) >= 11 is 0. The smallest absolute Gasteiger partial charge is 0.337 e. The summed E-state index contributed by atoms with van der Waals surface area (Å²) in [5, 5.41) is 0. The Bertz CT molecular complexity index is 344. The van der Waals surface area contributed by atoms with Crippen LogP contribution in [0.1, 0.15) is 22.3 Å². The largest absolute Gasteiger partial charge is 0.465 e. The highest BCUT2D eigenvalue weighted by molar-refractivity contribution is 5.89. The SMILES string of the molecule is C#CCCc1ccc(C(=O)OC)cc1. The molecule has 14 heavy (non-hydrogen) atoms. The van der Waals surface area contributed by atoms with Gasteiger partial charge in [-0.15, -0.1) is 12.3 Å². The van der Waals surface area contributed by atoms with Gasteiger partial charge in [0, 0.05) is 6.42 Å².